The highest BCUT2D eigenvalue weighted by molar-refractivity contribution is 5.46. The number of hydrogen-bond acceptors (Lipinski definition) is 0. The second kappa shape index (κ2) is 12.0. The summed E-state index contributed by atoms with van der Waals surface area (Å²) in [5.74, 6) is 13.0. The average Bonchev–Trinajstić information content (AvgIpc) is 2.68. The second-order valence-electron chi connectivity index (χ2n) is 6.74. The first-order chi connectivity index (χ1) is 12.8. The van der Waals surface area contributed by atoms with Gasteiger partial charge in [0.25, 0.3) is 0 Å². The van der Waals surface area contributed by atoms with Crippen LogP contribution in [-0.4, -0.2) is 0 Å². The van der Waals surface area contributed by atoms with E-state index in [2.05, 4.69) is 86.1 Å². The Labute approximate surface area is 160 Å². The minimum absolute atomic E-state index is 0.999. The molecule has 0 N–H and O–H groups in total. The zero-order valence-electron chi connectivity index (χ0n) is 16.3. The van der Waals surface area contributed by atoms with E-state index in [1.807, 2.05) is 0 Å². The molecule has 0 unspecified atom stereocenters. The number of hydrogen-bond donors (Lipinski definition) is 0. The minimum atomic E-state index is 0.999. The van der Waals surface area contributed by atoms with Crippen LogP contribution in [0, 0.1) is 23.7 Å². The van der Waals surface area contributed by atoms with E-state index >= 15 is 0 Å². The Kier molecular flexibility index (Phi) is 9.18. The summed E-state index contributed by atoms with van der Waals surface area (Å²) in [6, 6.07) is 16.8. The summed E-state index contributed by atoms with van der Waals surface area (Å²) < 4.78 is 0. The fourth-order valence-electron chi connectivity index (χ4n) is 2.81. The van der Waals surface area contributed by atoms with Crippen LogP contribution in [0.5, 0.6) is 0 Å². The Balaban J connectivity index is 1.84. The summed E-state index contributed by atoms with van der Waals surface area (Å²) >= 11 is 0. The SMILES string of the molecule is CCCCCCCC#Cc1ccc(C#Cc2ccc(CCC)cc2)cc1. The number of unbranched alkanes of at least 4 members (excludes halogenated alkanes) is 5. The molecule has 26 heavy (non-hydrogen) atoms. The van der Waals surface area contributed by atoms with Crippen molar-refractivity contribution in [2.45, 2.75) is 65.2 Å². The lowest BCUT2D eigenvalue weighted by molar-refractivity contribution is 0.641. The molecule has 0 heteroatoms. The van der Waals surface area contributed by atoms with Crippen molar-refractivity contribution in [2.24, 2.45) is 0 Å². The van der Waals surface area contributed by atoms with Gasteiger partial charge in [-0.2, -0.15) is 0 Å². The van der Waals surface area contributed by atoms with Gasteiger partial charge < -0.3 is 0 Å². The van der Waals surface area contributed by atoms with Crippen molar-refractivity contribution in [2.75, 3.05) is 0 Å². The van der Waals surface area contributed by atoms with Crippen LogP contribution in [0.2, 0.25) is 0 Å². The first-order valence-electron chi connectivity index (χ1n) is 10.0. The summed E-state index contributed by atoms with van der Waals surface area (Å²) in [7, 11) is 0. The van der Waals surface area contributed by atoms with Gasteiger partial charge in [-0.25, -0.2) is 0 Å². The van der Waals surface area contributed by atoms with Gasteiger partial charge in [-0.05, 0) is 54.8 Å². The topological polar surface area (TPSA) is 0 Å². The van der Waals surface area contributed by atoms with Gasteiger partial charge in [0.05, 0.1) is 0 Å². The van der Waals surface area contributed by atoms with Crippen molar-refractivity contribution in [1.82, 2.24) is 0 Å². The molecule has 0 saturated heterocycles. The van der Waals surface area contributed by atoms with E-state index in [-0.39, 0.29) is 0 Å². The zero-order chi connectivity index (χ0) is 18.5. The Morgan fingerprint density at radius 2 is 1.12 bits per heavy atom. The Hall–Kier alpha value is -2.44. The normalized spacial score (nSPS) is 9.77. The molecule has 0 fully saturated rings. The maximum Gasteiger partial charge on any atom is 0.0249 e. The largest absolute Gasteiger partial charge is 0.0979 e. The summed E-state index contributed by atoms with van der Waals surface area (Å²) in [6.45, 7) is 4.45. The van der Waals surface area contributed by atoms with Crippen LogP contribution in [0.1, 0.15) is 81.0 Å². The van der Waals surface area contributed by atoms with Crippen molar-refractivity contribution < 1.29 is 0 Å². The number of benzene rings is 2. The fourth-order valence-corrected chi connectivity index (χ4v) is 2.81. The van der Waals surface area contributed by atoms with Crippen LogP contribution in [0.25, 0.3) is 0 Å². The van der Waals surface area contributed by atoms with E-state index in [4.69, 9.17) is 0 Å². The predicted molar refractivity (Wildman–Crippen MR) is 113 cm³/mol. The number of aryl methyl sites for hydroxylation is 1. The molecule has 0 aliphatic rings. The molecule has 0 nitrogen and oxygen atoms in total. The third-order valence-electron chi connectivity index (χ3n) is 4.37. The molecule has 0 spiro atoms. The van der Waals surface area contributed by atoms with Gasteiger partial charge in [-0.3, -0.25) is 0 Å². The minimum Gasteiger partial charge on any atom is -0.0979 e. The van der Waals surface area contributed by atoms with E-state index in [9.17, 15) is 0 Å². The van der Waals surface area contributed by atoms with Gasteiger partial charge >= 0.3 is 0 Å². The van der Waals surface area contributed by atoms with Crippen LogP contribution in [0.4, 0.5) is 0 Å². The Morgan fingerprint density at radius 1 is 0.577 bits per heavy atom. The third kappa shape index (κ3) is 7.63. The smallest absolute Gasteiger partial charge is 0.0249 e. The van der Waals surface area contributed by atoms with E-state index in [0.29, 0.717) is 0 Å². The van der Waals surface area contributed by atoms with Crippen LogP contribution in [0.15, 0.2) is 48.5 Å². The molecule has 0 radical (unpaired) electrons. The molecule has 134 valence electrons. The summed E-state index contributed by atoms with van der Waals surface area (Å²) in [5, 5.41) is 0. The van der Waals surface area contributed by atoms with E-state index < -0.39 is 0 Å². The van der Waals surface area contributed by atoms with Gasteiger partial charge in [-0.1, -0.05) is 81.8 Å². The molecular formula is C26H30. The first kappa shape index (κ1) is 19.9. The van der Waals surface area contributed by atoms with Crippen molar-refractivity contribution in [1.29, 1.82) is 0 Å². The Morgan fingerprint density at radius 3 is 1.69 bits per heavy atom. The highest BCUT2D eigenvalue weighted by Gasteiger charge is 1.92. The highest BCUT2D eigenvalue weighted by atomic mass is 14.0. The molecule has 2 rings (SSSR count). The zero-order valence-corrected chi connectivity index (χ0v) is 16.3. The number of rotatable bonds is 7. The molecule has 0 heterocycles. The first-order valence-corrected chi connectivity index (χ1v) is 10.0. The summed E-state index contributed by atoms with van der Waals surface area (Å²) in [6.07, 6.45) is 9.81. The van der Waals surface area contributed by atoms with Gasteiger partial charge in [-0.15, -0.1) is 0 Å². The van der Waals surface area contributed by atoms with Crippen molar-refractivity contribution >= 4 is 0 Å². The lowest BCUT2D eigenvalue weighted by atomic mass is 10.1. The molecule has 0 aliphatic heterocycles. The van der Waals surface area contributed by atoms with Crippen LogP contribution in [0.3, 0.4) is 0 Å². The van der Waals surface area contributed by atoms with Crippen LogP contribution in [-0.2, 0) is 6.42 Å². The molecule has 0 amide bonds. The van der Waals surface area contributed by atoms with Gasteiger partial charge in [0.15, 0.2) is 0 Å². The van der Waals surface area contributed by atoms with Gasteiger partial charge in [0.1, 0.15) is 0 Å². The van der Waals surface area contributed by atoms with E-state index in [1.54, 1.807) is 0 Å². The summed E-state index contributed by atoms with van der Waals surface area (Å²) in [4.78, 5) is 0. The van der Waals surface area contributed by atoms with Crippen molar-refractivity contribution in [3.8, 4) is 23.7 Å². The lowest BCUT2D eigenvalue weighted by Gasteiger charge is -1.97. The van der Waals surface area contributed by atoms with E-state index in [1.165, 1.54) is 44.1 Å². The average molecular weight is 343 g/mol. The maximum absolute atomic E-state index is 3.29. The second-order valence-corrected chi connectivity index (χ2v) is 6.74. The molecule has 0 atom stereocenters. The standard InChI is InChI=1S/C26H30/c1-3-5-6-7-8-9-10-12-24-15-19-26(20-16-24)22-21-25-17-13-23(11-4-2)14-18-25/h13-20H,3-9,11H2,1-2H3. The molecule has 0 bridgehead atoms. The monoisotopic (exact) mass is 342 g/mol. The van der Waals surface area contributed by atoms with Crippen LogP contribution < -0.4 is 0 Å². The quantitative estimate of drug-likeness (QED) is 0.385. The molecule has 0 aliphatic carbocycles. The molecule has 2 aromatic rings. The lowest BCUT2D eigenvalue weighted by Crippen LogP contribution is -1.83. The molecule has 0 saturated carbocycles. The van der Waals surface area contributed by atoms with Gasteiger partial charge in [0.2, 0.25) is 0 Å². The Bertz CT molecular complexity index is 755. The van der Waals surface area contributed by atoms with Crippen molar-refractivity contribution in [3.63, 3.8) is 0 Å². The molecule has 0 aromatic heterocycles. The molecule has 2 aromatic carbocycles. The third-order valence-corrected chi connectivity index (χ3v) is 4.37. The predicted octanol–water partition coefficient (Wildman–Crippen LogP) is 6.75. The summed E-state index contributed by atoms with van der Waals surface area (Å²) in [5.41, 5.74) is 4.56. The van der Waals surface area contributed by atoms with Crippen LogP contribution >= 0.6 is 0 Å². The van der Waals surface area contributed by atoms with Gasteiger partial charge in [0, 0.05) is 23.1 Å². The molecular weight excluding hydrogens is 312 g/mol. The van der Waals surface area contributed by atoms with E-state index in [0.717, 1.165) is 29.5 Å². The highest BCUT2D eigenvalue weighted by Crippen LogP contribution is 2.07. The maximum atomic E-state index is 3.29. The fraction of sp³-hybridized carbons (Fsp3) is 0.385. The van der Waals surface area contributed by atoms with Crippen molar-refractivity contribution in [3.05, 3.63) is 70.8 Å².